The Kier molecular flexibility index (Phi) is 5.41. The third-order valence-corrected chi connectivity index (χ3v) is 6.58. The highest BCUT2D eigenvalue weighted by molar-refractivity contribution is 7.22. The largest absolute Gasteiger partial charge is 0.378 e. The standard InChI is InChI=1S/C20H25N3O3S/c24-17(22-19-21-15-5-1-2-6-16(15)27-19)13-20(7-3-4-8-20)14-18(25)23-9-11-26-12-10-23/h1-2,5-6H,3-4,7-14H2,(H,21,22,24). The van der Waals surface area contributed by atoms with Crippen molar-refractivity contribution in [2.75, 3.05) is 31.6 Å². The van der Waals surface area contributed by atoms with E-state index < -0.39 is 0 Å². The lowest BCUT2D eigenvalue weighted by Crippen LogP contribution is -2.43. The Morgan fingerprint density at radius 2 is 1.89 bits per heavy atom. The van der Waals surface area contributed by atoms with Crippen molar-refractivity contribution >= 4 is 38.5 Å². The van der Waals surface area contributed by atoms with Crippen molar-refractivity contribution in [3.8, 4) is 0 Å². The lowest BCUT2D eigenvalue weighted by atomic mass is 9.78. The van der Waals surface area contributed by atoms with Crippen LogP contribution in [0.2, 0.25) is 0 Å². The first-order valence-electron chi connectivity index (χ1n) is 9.65. The normalized spacial score (nSPS) is 19.3. The molecule has 7 heteroatoms. The molecule has 1 aliphatic carbocycles. The molecule has 27 heavy (non-hydrogen) atoms. The SMILES string of the molecule is O=C(CC1(CC(=O)N2CCOCC2)CCCC1)Nc1nc2ccccc2s1. The Labute approximate surface area is 162 Å². The molecule has 0 radical (unpaired) electrons. The Balaban J connectivity index is 1.40. The van der Waals surface area contributed by atoms with Crippen LogP contribution in [0.1, 0.15) is 38.5 Å². The van der Waals surface area contributed by atoms with Gasteiger partial charge in [0, 0.05) is 25.9 Å². The highest BCUT2D eigenvalue weighted by atomic mass is 32.1. The molecule has 4 rings (SSSR count). The first-order chi connectivity index (χ1) is 13.1. The second kappa shape index (κ2) is 7.94. The van der Waals surface area contributed by atoms with E-state index in [1.807, 2.05) is 29.2 Å². The second-order valence-electron chi connectivity index (χ2n) is 7.59. The van der Waals surface area contributed by atoms with E-state index in [1.54, 1.807) is 0 Å². The molecule has 1 aromatic carbocycles. The number of aromatic nitrogens is 1. The maximum Gasteiger partial charge on any atom is 0.226 e. The predicted molar refractivity (Wildman–Crippen MR) is 106 cm³/mol. The van der Waals surface area contributed by atoms with E-state index in [9.17, 15) is 9.59 Å². The molecule has 1 N–H and O–H groups in total. The van der Waals surface area contributed by atoms with Crippen LogP contribution in [-0.4, -0.2) is 48.0 Å². The molecule has 0 atom stereocenters. The van der Waals surface area contributed by atoms with E-state index in [2.05, 4.69) is 10.3 Å². The number of fused-ring (bicyclic) bond motifs is 1. The van der Waals surface area contributed by atoms with E-state index in [-0.39, 0.29) is 17.2 Å². The predicted octanol–water partition coefficient (Wildman–Crippen LogP) is 3.43. The Morgan fingerprint density at radius 1 is 1.15 bits per heavy atom. The summed E-state index contributed by atoms with van der Waals surface area (Å²) >= 11 is 1.49. The van der Waals surface area contributed by atoms with Crippen LogP contribution < -0.4 is 5.32 Å². The average molecular weight is 388 g/mol. The number of benzene rings is 1. The van der Waals surface area contributed by atoms with Crippen molar-refractivity contribution in [1.29, 1.82) is 0 Å². The first-order valence-corrected chi connectivity index (χ1v) is 10.5. The summed E-state index contributed by atoms with van der Waals surface area (Å²) < 4.78 is 6.40. The number of nitrogens with zero attached hydrogens (tertiary/aromatic N) is 2. The van der Waals surface area contributed by atoms with Gasteiger partial charge in [-0.25, -0.2) is 4.98 Å². The molecule has 2 fully saturated rings. The van der Waals surface area contributed by atoms with Gasteiger partial charge in [-0.1, -0.05) is 36.3 Å². The molecule has 1 aromatic heterocycles. The number of hydrogen-bond acceptors (Lipinski definition) is 5. The van der Waals surface area contributed by atoms with Gasteiger partial charge in [-0.05, 0) is 30.4 Å². The number of morpholine rings is 1. The van der Waals surface area contributed by atoms with Gasteiger partial charge in [-0.2, -0.15) is 0 Å². The first kappa shape index (κ1) is 18.4. The van der Waals surface area contributed by atoms with Crippen LogP contribution in [0.25, 0.3) is 10.2 Å². The molecule has 2 amide bonds. The number of carbonyl (C=O) groups is 2. The number of rotatable bonds is 5. The molecule has 2 aliphatic rings. The van der Waals surface area contributed by atoms with Crippen molar-refractivity contribution in [2.45, 2.75) is 38.5 Å². The van der Waals surface area contributed by atoms with Crippen LogP contribution >= 0.6 is 11.3 Å². The molecule has 144 valence electrons. The number of carbonyl (C=O) groups excluding carboxylic acids is 2. The zero-order valence-corrected chi connectivity index (χ0v) is 16.2. The number of nitrogens with one attached hydrogen (secondary N) is 1. The number of ether oxygens (including phenoxy) is 1. The fourth-order valence-electron chi connectivity index (χ4n) is 4.22. The number of hydrogen-bond donors (Lipinski definition) is 1. The fourth-order valence-corrected chi connectivity index (χ4v) is 5.10. The number of amides is 2. The lowest BCUT2D eigenvalue weighted by molar-refractivity contribution is -0.138. The van der Waals surface area contributed by atoms with E-state index in [0.29, 0.717) is 44.3 Å². The highest BCUT2D eigenvalue weighted by Crippen LogP contribution is 2.44. The number of thiazole rings is 1. The van der Waals surface area contributed by atoms with Gasteiger partial charge in [-0.15, -0.1) is 0 Å². The third kappa shape index (κ3) is 4.30. The quantitative estimate of drug-likeness (QED) is 0.853. The van der Waals surface area contributed by atoms with E-state index in [4.69, 9.17) is 4.74 Å². The average Bonchev–Trinajstić information content (AvgIpc) is 3.28. The van der Waals surface area contributed by atoms with Gasteiger partial charge in [0.25, 0.3) is 0 Å². The third-order valence-electron chi connectivity index (χ3n) is 5.63. The van der Waals surface area contributed by atoms with Crippen LogP contribution in [0.15, 0.2) is 24.3 Å². The van der Waals surface area contributed by atoms with Gasteiger partial charge in [0.15, 0.2) is 5.13 Å². The van der Waals surface area contributed by atoms with Gasteiger partial charge in [0.05, 0.1) is 23.4 Å². The van der Waals surface area contributed by atoms with Crippen LogP contribution in [0.3, 0.4) is 0 Å². The van der Waals surface area contributed by atoms with Crippen LogP contribution in [0.4, 0.5) is 5.13 Å². The van der Waals surface area contributed by atoms with Gasteiger partial charge < -0.3 is 15.0 Å². The van der Waals surface area contributed by atoms with Crippen molar-refractivity contribution in [2.24, 2.45) is 5.41 Å². The number of anilines is 1. The molecule has 2 aromatic rings. The monoisotopic (exact) mass is 387 g/mol. The Bertz CT molecular complexity index is 790. The Hall–Kier alpha value is -1.99. The maximum absolute atomic E-state index is 12.7. The summed E-state index contributed by atoms with van der Waals surface area (Å²) in [5, 5.41) is 3.59. The molecular formula is C20H25N3O3S. The van der Waals surface area contributed by atoms with Crippen molar-refractivity contribution in [3.63, 3.8) is 0 Å². The zero-order chi connectivity index (χ0) is 18.7. The topological polar surface area (TPSA) is 71.5 Å². The van der Waals surface area contributed by atoms with Crippen molar-refractivity contribution in [1.82, 2.24) is 9.88 Å². The minimum Gasteiger partial charge on any atom is -0.378 e. The van der Waals surface area contributed by atoms with Crippen LogP contribution in [0.5, 0.6) is 0 Å². The summed E-state index contributed by atoms with van der Waals surface area (Å²) in [6.45, 7) is 2.54. The number of para-hydroxylation sites is 1. The molecule has 0 bridgehead atoms. The molecule has 0 spiro atoms. The van der Waals surface area contributed by atoms with Gasteiger partial charge in [0.2, 0.25) is 11.8 Å². The van der Waals surface area contributed by atoms with Crippen LogP contribution in [0, 0.1) is 5.41 Å². The van der Waals surface area contributed by atoms with Crippen molar-refractivity contribution in [3.05, 3.63) is 24.3 Å². The molecule has 1 aliphatic heterocycles. The molecule has 0 unspecified atom stereocenters. The second-order valence-corrected chi connectivity index (χ2v) is 8.62. The minimum absolute atomic E-state index is 0.0364. The molecule has 2 heterocycles. The summed E-state index contributed by atoms with van der Waals surface area (Å²) in [7, 11) is 0. The Morgan fingerprint density at radius 3 is 2.63 bits per heavy atom. The summed E-state index contributed by atoms with van der Waals surface area (Å²) in [5.74, 6) is 0.124. The van der Waals surface area contributed by atoms with Gasteiger partial charge >= 0.3 is 0 Å². The fraction of sp³-hybridized carbons (Fsp3) is 0.550. The van der Waals surface area contributed by atoms with E-state index in [1.165, 1.54) is 11.3 Å². The molecule has 1 saturated carbocycles. The molecule has 6 nitrogen and oxygen atoms in total. The minimum atomic E-state index is -0.212. The smallest absolute Gasteiger partial charge is 0.226 e. The maximum atomic E-state index is 12.7. The van der Waals surface area contributed by atoms with Crippen LogP contribution in [-0.2, 0) is 14.3 Å². The molecular weight excluding hydrogens is 362 g/mol. The van der Waals surface area contributed by atoms with Gasteiger partial charge in [-0.3, -0.25) is 9.59 Å². The zero-order valence-electron chi connectivity index (χ0n) is 15.4. The summed E-state index contributed by atoms with van der Waals surface area (Å²) in [6, 6.07) is 7.86. The van der Waals surface area contributed by atoms with E-state index in [0.717, 1.165) is 35.9 Å². The van der Waals surface area contributed by atoms with E-state index >= 15 is 0 Å². The summed E-state index contributed by atoms with van der Waals surface area (Å²) in [5.41, 5.74) is 0.687. The summed E-state index contributed by atoms with van der Waals surface area (Å²) in [4.78, 5) is 31.8. The highest BCUT2D eigenvalue weighted by Gasteiger charge is 2.39. The summed E-state index contributed by atoms with van der Waals surface area (Å²) in [6.07, 6.45) is 4.90. The van der Waals surface area contributed by atoms with Crippen molar-refractivity contribution < 1.29 is 14.3 Å². The van der Waals surface area contributed by atoms with Gasteiger partial charge in [0.1, 0.15) is 0 Å². The molecule has 1 saturated heterocycles. The lowest BCUT2D eigenvalue weighted by Gasteiger charge is -2.33.